The molecule has 0 saturated heterocycles. The van der Waals surface area contributed by atoms with Crippen molar-refractivity contribution < 1.29 is 4.74 Å². The molecule has 0 radical (unpaired) electrons. The van der Waals surface area contributed by atoms with E-state index in [1.165, 1.54) is 12.8 Å². The number of methoxy groups -OCH3 is 1. The first-order valence-electron chi connectivity index (χ1n) is 4.97. The molecule has 2 rings (SSSR count). The molecule has 1 unspecified atom stereocenters. The van der Waals surface area contributed by atoms with Gasteiger partial charge in [-0.2, -0.15) is 0 Å². The summed E-state index contributed by atoms with van der Waals surface area (Å²) in [6, 6.07) is 0. The number of rotatable bonds is 5. The lowest BCUT2D eigenvalue weighted by atomic mass is 10.2. The van der Waals surface area contributed by atoms with Crippen LogP contribution in [0.4, 0.5) is 0 Å². The van der Waals surface area contributed by atoms with Crippen LogP contribution in [0.3, 0.4) is 0 Å². The van der Waals surface area contributed by atoms with E-state index in [1.54, 1.807) is 18.4 Å². The normalized spacial score (nSPS) is 18.4. The summed E-state index contributed by atoms with van der Waals surface area (Å²) in [5.74, 6) is 0.716. The van der Waals surface area contributed by atoms with Crippen molar-refractivity contribution in [3.63, 3.8) is 0 Å². The fourth-order valence-corrected chi connectivity index (χ4v) is 2.60. The highest BCUT2D eigenvalue weighted by Gasteiger charge is 2.34. The van der Waals surface area contributed by atoms with E-state index in [4.69, 9.17) is 4.74 Å². The Morgan fingerprint density at radius 2 is 2.50 bits per heavy atom. The highest BCUT2D eigenvalue weighted by molar-refractivity contribution is 7.09. The number of ether oxygens (including phenoxy) is 1. The van der Waals surface area contributed by atoms with E-state index >= 15 is 0 Å². The Kier molecular flexibility index (Phi) is 3.15. The molecule has 1 atom stereocenters. The predicted octanol–water partition coefficient (Wildman–Crippen LogP) is 1.96. The molecule has 1 aromatic heterocycles. The van der Waals surface area contributed by atoms with Gasteiger partial charge in [-0.25, -0.2) is 4.98 Å². The van der Waals surface area contributed by atoms with Gasteiger partial charge in [0.2, 0.25) is 0 Å². The van der Waals surface area contributed by atoms with Gasteiger partial charge in [0.25, 0.3) is 0 Å². The summed E-state index contributed by atoms with van der Waals surface area (Å²) in [7, 11) is 3.72. The summed E-state index contributed by atoms with van der Waals surface area (Å²) in [4.78, 5) is 4.56. The predicted molar refractivity (Wildman–Crippen MR) is 57.4 cm³/mol. The van der Waals surface area contributed by atoms with Gasteiger partial charge in [-0.05, 0) is 25.8 Å². The van der Waals surface area contributed by atoms with Crippen molar-refractivity contribution in [1.82, 2.24) is 10.3 Å². The first-order chi connectivity index (χ1) is 6.85. The Labute approximate surface area is 88.5 Å². The first kappa shape index (κ1) is 10.1. The smallest absolute Gasteiger partial charge is 0.122 e. The molecule has 78 valence electrons. The van der Waals surface area contributed by atoms with Crippen molar-refractivity contribution in [2.75, 3.05) is 14.2 Å². The van der Waals surface area contributed by atoms with Crippen molar-refractivity contribution in [2.24, 2.45) is 5.92 Å². The maximum Gasteiger partial charge on any atom is 0.122 e. The van der Waals surface area contributed by atoms with E-state index in [9.17, 15) is 0 Å². The SMILES string of the molecule is CNCc1csc(C(OC)C2CC2)n1. The lowest BCUT2D eigenvalue weighted by Crippen LogP contribution is -2.07. The number of nitrogens with zero attached hydrogens (tertiary/aromatic N) is 1. The zero-order valence-electron chi connectivity index (χ0n) is 8.62. The van der Waals surface area contributed by atoms with E-state index in [0.717, 1.165) is 17.2 Å². The van der Waals surface area contributed by atoms with E-state index in [2.05, 4.69) is 15.7 Å². The molecule has 0 aromatic carbocycles. The van der Waals surface area contributed by atoms with Gasteiger partial charge >= 0.3 is 0 Å². The van der Waals surface area contributed by atoms with Crippen molar-refractivity contribution in [3.8, 4) is 0 Å². The van der Waals surface area contributed by atoms with Crippen molar-refractivity contribution in [2.45, 2.75) is 25.5 Å². The van der Waals surface area contributed by atoms with Crippen LogP contribution in [0.15, 0.2) is 5.38 Å². The standard InChI is InChI=1S/C10H16N2OS/c1-11-5-8-6-14-10(12-8)9(13-2)7-3-4-7/h6-7,9,11H,3-5H2,1-2H3. The summed E-state index contributed by atoms with van der Waals surface area (Å²) in [6.07, 6.45) is 2.82. The van der Waals surface area contributed by atoms with Gasteiger partial charge in [-0.15, -0.1) is 11.3 Å². The van der Waals surface area contributed by atoms with Gasteiger partial charge in [0.15, 0.2) is 0 Å². The number of aromatic nitrogens is 1. The minimum atomic E-state index is 0.241. The molecule has 4 heteroatoms. The van der Waals surface area contributed by atoms with Crippen LogP contribution in [0, 0.1) is 5.92 Å². The zero-order valence-corrected chi connectivity index (χ0v) is 9.43. The lowest BCUT2D eigenvalue weighted by molar-refractivity contribution is 0.0842. The van der Waals surface area contributed by atoms with Crippen LogP contribution in [-0.2, 0) is 11.3 Å². The summed E-state index contributed by atoms with van der Waals surface area (Å²) in [5.41, 5.74) is 1.12. The number of hydrogen-bond donors (Lipinski definition) is 1. The quantitative estimate of drug-likeness (QED) is 0.810. The topological polar surface area (TPSA) is 34.1 Å². The van der Waals surface area contributed by atoms with Gasteiger partial charge in [-0.3, -0.25) is 0 Å². The van der Waals surface area contributed by atoms with Gasteiger partial charge in [0.05, 0.1) is 5.69 Å². The Morgan fingerprint density at radius 1 is 1.71 bits per heavy atom. The Balaban J connectivity index is 2.05. The number of nitrogens with one attached hydrogen (secondary N) is 1. The molecule has 3 nitrogen and oxygen atoms in total. The summed E-state index contributed by atoms with van der Waals surface area (Å²) >= 11 is 1.71. The van der Waals surface area contributed by atoms with Crippen LogP contribution < -0.4 is 5.32 Å². The molecule has 0 amide bonds. The molecule has 1 aliphatic rings. The third-order valence-electron chi connectivity index (χ3n) is 2.47. The molecule has 1 fully saturated rings. The molecule has 1 N–H and O–H groups in total. The molecule has 14 heavy (non-hydrogen) atoms. The van der Waals surface area contributed by atoms with E-state index in [1.807, 2.05) is 7.05 Å². The van der Waals surface area contributed by atoms with Crippen LogP contribution in [0.25, 0.3) is 0 Å². The van der Waals surface area contributed by atoms with Crippen molar-refractivity contribution in [3.05, 3.63) is 16.1 Å². The molecule has 1 saturated carbocycles. The maximum absolute atomic E-state index is 5.48. The Morgan fingerprint density at radius 3 is 3.07 bits per heavy atom. The number of hydrogen-bond acceptors (Lipinski definition) is 4. The number of thiazole rings is 1. The molecule has 1 aromatic rings. The average molecular weight is 212 g/mol. The van der Waals surface area contributed by atoms with Crippen LogP contribution >= 0.6 is 11.3 Å². The fraction of sp³-hybridized carbons (Fsp3) is 0.700. The third-order valence-corrected chi connectivity index (χ3v) is 3.43. The second kappa shape index (κ2) is 4.38. The van der Waals surface area contributed by atoms with Gasteiger partial charge in [0, 0.05) is 19.0 Å². The van der Waals surface area contributed by atoms with Gasteiger partial charge < -0.3 is 10.1 Å². The first-order valence-corrected chi connectivity index (χ1v) is 5.84. The molecule has 1 heterocycles. The maximum atomic E-state index is 5.48. The largest absolute Gasteiger partial charge is 0.374 e. The fourth-order valence-electron chi connectivity index (χ4n) is 1.61. The molecule has 0 spiro atoms. The molecule has 0 aliphatic heterocycles. The second-order valence-electron chi connectivity index (χ2n) is 3.70. The van der Waals surface area contributed by atoms with Crippen LogP contribution in [0.5, 0.6) is 0 Å². The zero-order chi connectivity index (χ0) is 9.97. The minimum absolute atomic E-state index is 0.241. The van der Waals surface area contributed by atoms with Crippen LogP contribution in [0.2, 0.25) is 0 Å². The highest BCUT2D eigenvalue weighted by Crippen LogP contribution is 2.43. The van der Waals surface area contributed by atoms with E-state index in [0.29, 0.717) is 5.92 Å². The van der Waals surface area contributed by atoms with Gasteiger partial charge in [0.1, 0.15) is 11.1 Å². The molecular weight excluding hydrogens is 196 g/mol. The van der Waals surface area contributed by atoms with E-state index < -0.39 is 0 Å². The van der Waals surface area contributed by atoms with Crippen molar-refractivity contribution >= 4 is 11.3 Å². The monoisotopic (exact) mass is 212 g/mol. The second-order valence-corrected chi connectivity index (χ2v) is 4.59. The average Bonchev–Trinajstić information content (AvgIpc) is 2.90. The molecule has 0 bridgehead atoms. The summed E-state index contributed by atoms with van der Waals surface area (Å²) < 4.78 is 5.48. The minimum Gasteiger partial charge on any atom is -0.374 e. The lowest BCUT2D eigenvalue weighted by Gasteiger charge is -2.10. The van der Waals surface area contributed by atoms with Crippen LogP contribution in [0.1, 0.15) is 29.6 Å². The Bertz CT molecular complexity index is 296. The molecular formula is C10H16N2OS. The van der Waals surface area contributed by atoms with Crippen LogP contribution in [-0.4, -0.2) is 19.1 Å². The summed E-state index contributed by atoms with van der Waals surface area (Å²) in [5, 5.41) is 6.35. The Hall–Kier alpha value is -0.450. The third kappa shape index (κ3) is 2.13. The van der Waals surface area contributed by atoms with Gasteiger partial charge in [-0.1, -0.05) is 0 Å². The van der Waals surface area contributed by atoms with Crippen molar-refractivity contribution in [1.29, 1.82) is 0 Å². The molecule has 1 aliphatic carbocycles. The highest BCUT2D eigenvalue weighted by atomic mass is 32.1. The van der Waals surface area contributed by atoms with E-state index in [-0.39, 0.29) is 6.10 Å². The summed E-state index contributed by atoms with van der Waals surface area (Å²) in [6.45, 7) is 0.845.